The van der Waals surface area contributed by atoms with Crippen molar-refractivity contribution in [3.8, 4) is 5.75 Å². The van der Waals surface area contributed by atoms with E-state index in [9.17, 15) is 9.59 Å². The largest absolute Gasteiger partial charge is 0.495 e. The van der Waals surface area contributed by atoms with Gasteiger partial charge in [0.15, 0.2) is 5.78 Å². The van der Waals surface area contributed by atoms with Crippen molar-refractivity contribution in [2.24, 2.45) is 0 Å². The van der Waals surface area contributed by atoms with Gasteiger partial charge in [-0.05, 0) is 18.1 Å². The number of hydrogen-bond acceptors (Lipinski definition) is 6. The van der Waals surface area contributed by atoms with E-state index >= 15 is 0 Å². The zero-order valence-corrected chi connectivity index (χ0v) is 18.5. The molecule has 0 aliphatic rings. The summed E-state index contributed by atoms with van der Waals surface area (Å²) in [7, 11) is 1.57. The van der Waals surface area contributed by atoms with Crippen molar-refractivity contribution in [1.29, 1.82) is 0 Å². The molecular weight excluding hydrogens is 418 g/mol. The lowest BCUT2D eigenvalue weighted by molar-refractivity contribution is -0.142. The number of hydrogen-bond donors (Lipinski definition) is 2. The van der Waals surface area contributed by atoms with Gasteiger partial charge in [-0.25, -0.2) is 0 Å². The van der Waals surface area contributed by atoms with Crippen molar-refractivity contribution in [3.63, 3.8) is 0 Å². The predicted molar refractivity (Wildman–Crippen MR) is 127 cm³/mol. The van der Waals surface area contributed by atoms with Crippen LogP contribution in [0.1, 0.15) is 34.5 Å². The molecule has 2 N–H and O–H groups in total. The molecule has 2 aromatic carbocycles. The number of nitrogens with one attached hydrogen (secondary N) is 2. The van der Waals surface area contributed by atoms with E-state index in [0.717, 1.165) is 22.0 Å². The van der Waals surface area contributed by atoms with Gasteiger partial charge in [0, 0.05) is 28.7 Å². The number of nitrogens with zero attached hydrogens (tertiary/aromatic N) is 1. The van der Waals surface area contributed by atoms with Crippen molar-refractivity contribution in [2.45, 2.75) is 19.4 Å². The second-order valence-corrected chi connectivity index (χ2v) is 7.49. The number of anilines is 1. The number of esters is 1. The maximum atomic E-state index is 13.8. The number of fused-ring (bicyclic) bond motifs is 1. The molecular formula is C26H25N3O4. The van der Waals surface area contributed by atoms with E-state index in [1.54, 1.807) is 38.7 Å². The van der Waals surface area contributed by atoms with Crippen molar-refractivity contribution < 1.29 is 19.1 Å². The molecule has 0 aliphatic heterocycles. The Kier molecular flexibility index (Phi) is 6.69. The number of Topliss-reactive ketones (excluding diaryl/α,β-unsaturated/α-hetero) is 1. The number of pyridine rings is 1. The number of ketones is 1. The van der Waals surface area contributed by atoms with Gasteiger partial charge in [0.05, 0.1) is 38.2 Å². The van der Waals surface area contributed by atoms with Gasteiger partial charge in [0.1, 0.15) is 11.8 Å². The Morgan fingerprint density at radius 3 is 2.67 bits per heavy atom. The van der Waals surface area contributed by atoms with Crippen molar-refractivity contribution in [1.82, 2.24) is 9.97 Å². The minimum atomic E-state index is -0.646. The Morgan fingerprint density at radius 2 is 1.91 bits per heavy atom. The number of methoxy groups -OCH3 is 1. The minimum absolute atomic E-state index is 0.108. The van der Waals surface area contributed by atoms with Gasteiger partial charge in [-0.15, -0.1) is 0 Å². The molecule has 4 aromatic rings. The van der Waals surface area contributed by atoms with E-state index < -0.39 is 6.04 Å². The number of carbonyl (C=O) groups excluding carboxylic acids is 2. The molecule has 4 rings (SSSR count). The highest BCUT2D eigenvalue weighted by Gasteiger charge is 2.25. The van der Waals surface area contributed by atoms with E-state index in [0.29, 0.717) is 23.6 Å². The first kappa shape index (κ1) is 22.1. The molecule has 1 unspecified atom stereocenters. The molecule has 168 valence electrons. The van der Waals surface area contributed by atoms with Gasteiger partial charge in [0.25, 0.3) is 0 Å². The number of aromatic amines is 1. The quantitative estimate of drug-likeness (QED) is 0.287. The molecule has 0 saturated carbocycles. The van der Waals surface area contributed by atoms with Crippen LogP contribution in [0, 0.1) is 0 Å². The monoisotopic (exact) mass is 443 g/mol. The summed E-state index contributed by atoms with van der Waals surface area (Å²) in [5, 5.41) is 4.06. The third-order valence-electron chi connectivity index (χ3n) is 5.36. The van der Waals surface area contributed by atoms with E-state index in [2.05, 4.69) is 15.3 Å². The summed E-state index contributed by atoms with van der Waals surface area (Å²) in [6.07, 6.45) is 5.09. The maximum Gasteiger partial charge on any atom is 0.310 e. The van der Waals surface area contributed by atoms with Gasteiger partial charge < -0.3 is 19.8 Å². The van der Waals surface area contributed by atoms with Gasteiger partial charge >= 0.3 is 5.97 Å². The van der Waals surface area contributed by atoms with E-state index in [-0.39, 0.29) is 18.2 Å². The lowest BCUT2D eigenvalue weighted by Crippen LogP contribution is -2.21. The van der Waals surface area contributed by atoms with Crippen LogP contribution in [0.2, 0.25) is 0 Å². The van der Waals surface area contributed by atoms with Gasteiger partial charge in [-0.1, -0.05) is 48.5 Å². The van der Waals surface area contributed by atoms with Crippen molar-refractivity contribution in [3.05, 3.63) is 89.9 Å². The SMILES string of the molecule is CCOC(=O)Cc1cccc2c(C(=O)C(Nc3cncc(OC)c3)c3ccccc3)c[nH]c12. The summed E-state index contributed by atoms with van der Waals surface area (Å²) in [6, 6.07) is 16.2. The van der Waals surface area contributed by atoms with Crippen LogP contribution >= 0.6 is 0 Å². The van der Waals surface area contributed by atoms with Gasteiger partial charge in [-0.2, -0.15) is 0 Å². The highest BCUT2D eigenvalue weighted by molar-refractivity contribution is 6.12. The molecule has 2 aromatic heterocycles. The fourth-order valence-corrected chi connectivity index (χ4v) is 3.81. The number of carbonyl (C=O) groups is 2. The third-order valence-corrected chi connectivity index (χ3v) is 5.36. The van der Waals surface area contributed by atoms with E-state index in [1.165, 1.54) is 0 Å². The first-order valence-corrected chi connectivity index (χ1v) is 10.7. The number of rotatable bonds is 9. The number of aromatic nitrogens is 2. The first-order valence-electron chi connectivity index (χ1n) is 10.7. The second-order valence-electron chi connectivity index (χ2n) is 7.49. The van der Waals surface area contributed by atoms with Crippen LogP contribution in [0.15, 0.2) is 73.2 Å². The summed E-state index contributed by atoms with van der Waals surface area (Å²) in [6.45, 7) is 2.10. The molecule has 0 amide bonds. The zero-order valence-electron chi connectivity index (χ0n) is 18.5. The number of para-hydroxylation sites is 1. The van der Waals surface area contributed by atoms with E-state index in [4.69, 9.17) is 9.47 Å². The van der Waals surface area contributed by atoms with Crippen LogP contribution in [0.3, 0.4) is 0 Å². The fourth-order valence-electron chi connectivity index (χ4n) is 3.81. The van der Waals surface area contributed by atoms with Crippen LogP contribution in [-0.4, -0.2) is 35.4 Å². The highest BCUT2D eigenvalue weighted by Crippen LogP contribution is 2.29. The van der Waals surface area contributed by atoms with Crippen molar-refractivity contribution >= 4 is 28.3 Å². The molecule has 0 saturated heterocycles. The number of benzene rings is 2. The Labute approximate surface area is 191 Å². The first-order chi connectivity index (χ1) is 16.1. The predicted octanol–water partition coefficient (Wildman–Crippen LogP) is 4.71. The van der Waals surface area contributed by atoms with Crippen LogP contribution < -0.4 is 10.1 Å². The summed E-state index contributed by atoms with van der Waals surface area (Å²) in [5.41, 5.74) is 3.56. The number of ether oxygens (including phenoxy) is 2. The topological polar surface area (TPSA) is 93.3 Å². The summed E-state index contributed by atoms with van der Waals surface area (Å²) < 4.78 is 10.3. The fraction of sp³-hybridized carbons (Fsp3) is 0.192. The maximum absolute atomic E-state index is 13.8. The van der Waals surface area contributed by atoms with Crippen LogP contribution in [-0.2, 0) is 16.0 Å². The lowest BCUT2D eigenvalue weighted by Gasteiger charge is -2.19. The Morgan fingerprint density at radius 1 is 1.09 bits per heavy atom. The highest BCUT2D eigenvalue weighted by atomic mass is 16.5. The van der Waals surface area contributed by atoms with Gasteiger partial charge in [-0.3, -0.25) is 14.6 Å². The molecule has 2 heterocycles. The Balaban J connectivity index is 1.71. The zero-order chi connectivity index (χ0) is 23.2. The van der Waals surface area contributed by atoms with Crippen molar-refractivity contribution in [2.75, 3.05) is 19.0 Å². The molecule has 0 aliphatic carbocycles. The van der Waals surface area contributed by atoms with Crippen LogP contribution in [0.25, 0.3) is 10.9 Å². The molecule has 1 atom stereocenters. The molecule has 0 radical (unpaired) electrons. The Bertz CT molecular complexity index is 1270. The van der Waals surface area contributed by atoms with Gasteiger partial charge in [0.2, 0.25) is 0 Å². The molecule has 0 fully saturated rings. The Hall–Kier alpha value is -4.13. The summed E-state index contributed by atoms with van der Waals surface area (Å²) in [5.74, 6) is 0.181. The average molecular weight is 444 g/mol. The van der Waals surface area contributed by atoms with Crippen LogP contribution in [0.5, 0.6) is 5.75 Å². The number of H-pyrrole nitrogens is 1. The normalized spacial score (nSPS) is 11.7. The molecule has 7 nitrogen and oxygen atoms in total. The van der Waals surface area contributed by atoms with E-state index in [1.807, 2.05) is 48.5 Å². The lowest BCUT2D eigenvalue weighted by atomic mass is 9.96. The standard InChI is InChI=1S/C26H25N3O4/c1-3-33-23(30)12-18-10-7-11-21-22(16-28-24(18)21)26(31)25(17-8-5-4-6-9-17)29-19-13-20(32-2)15-27-14-19/h4-11,13-16,25,28-29H,3,12H2,1-2H3. The molecule has 7 heteroatoms. The van der Waals surface area contributed by atoms with Crippen LogP contribution in [0.4, 0.5) is 5.69 Å². The second kappa shape index (κ2) is 9.99. The molecule has 0 bridgehead atoms. The minimum Gasteiger partial charge on any atom is -0.495 e. The molecule has 33 heavy (non-hydrogen) atoms. The summed E-state index contributed by atoms with van der Waals surface area (Å²) >= 11 is 0. The average Bonchev–Trinajstić information content (AvgIpc) is 3.28. The molecule has 0 spiro atoms. The third kappa shape index (κ3) is 4.87. The smallest absolute Gasteiger partial charge is 0.310 e. The summed E-state index contributed by atoms with van der Waals surface area (Å²) in [4.78, 5) is 33.2.